The van der Waals surface area contributed by atoms with Gasteiger partial charge in [-0.15, -0.1) is 0 Å². The van der Waals surface area contributed by atoms with E-state index in [1.165, 1.54) is 10.9 Å². The molecule has 0 radical (unpaired) electrons. The average Bonchev–Trinajstić information content (AvgIpc) is 2.58. The highest BCUT2D eigenvalue weighted by molar-refractivity contribution is 7.89. The van der Waals surface area contributed by atoms with E-state index in [0.29, 0.717) is 6.54 Å². The van der Waals surface area contributed by atoms with Crippen LogP contribution in [0.2, 0.25) is 0 Å². The number of rotatable bonds is 6. The van der Waals surface area contributed by atoms with Crippen LogP contribution in [-0.4, -0.2) is 23.7 Å². The monoisotopic (exact) mass is 274 g/mol. The highest BCUT2D eigenvalue weighted by atomic mass is 32.2. The number of nitrogens with zero attached hydrogens (tertiary/aromatic N) is 2. The molecule has 1 aromatic heterocycles. The Balaban J connectivity index is 3.03. The van der Waals surface area contributed by atoms with Crippen LogP contribution in [-0.2, 0) is 16.6 Å². The highest BCUT2D eigenvalue weighted by Gasteiger charge is 2.28. The first-order valence-electron chi connectivity index (χ1n) is 6.08. The molecule has 0 fully saturated rings. The molecule has 1 rings (SSSR count). The molecule has 3 N–H and O–H groups in total. The van der Waals surface area contributed by atoms with Crippen LogP contribution in [0.4, 0.5) is 5.82 Å². The van der Waals surface area contributed by atoms with E-state index >= 15 is 0 Å². The van der Waals surface area contributed by atoms with E-state index in [1.807, 2.05) is 27.7 Å². The second kappa shape index (κ2) is 5.27. The number of sulfonamides is 1. The van der Waals surface area contributed by atoms with Crippen molar-refractivity contribution >= 4 is 15.8 Å². The van der Waals surface area contributed by atoms with Crippen LogP contribution in [0.25, 0.3) is 0 Å². The van der Waals surface area contributed by atoms with Gasteiger partial charge in [-0.3, -0.25) is 4.68 Å². The molecule has 0 spiro atoms. The van der Waals surface area contributed by atoms with Crippen LogP contribution >= 0.6 is 0 Å². The van der Waals surface area contributed by atoms with Crippen molar-refractivity contribution in [1.82, 2.24) is 14.5 Å². The molecule has 1 heterocycles. The van der Waals surface area contributed by atoms with Crippen LogP contribution in [0, 0.1) is 0 Å². The molecule has 7 heteroatoms. The lowest BCUT2D eigenvalue weighted by Crippen LogP contribution is -2.43. The van der Waals surface area contributed by atoms with Crippen molar-refractivity contribution in [2.45, 2.75) is 57.5 Å². The van der Waals surface area contributed by atoms with Gasteiger partial charge < -0.3 is 5.73 Å². The molecule has 0 saturated carbocycles. The van der Waals surface area contributed by atoms with Crippen LogP contribution in [0.15, 0.2) is 11.1 Å². The Hall–Kier alpha value is -1.08. The first-order chi connectivity index (χ1) is 8.22. The molecule has 0 atom stereocenters. The topological polar surface area (TPSA) is 90.0 Å². The number of hydrogen-bond acceptors (Lipinski definition) is 4. The van der Waals surface area contributed by atoms with Crippen LogP contribution in [0.5, 0.6) is 0 Å². The molecule has 0 bridgehead atoms. The van der Waals surface area contributed by atoms with E-state index in [0.717, 1.165) is 12.8 Å². The van der Waals surface area contributed by atoms with Crippen molar-refractivity contribution in [3.05, 3.63) is 6.20 Å². The second-order valence-corrected chi connectivity index (χ2v) is 6.62. The first-order valence-corrected chi connectivity index (χ1v) is 7.57. The Morgan fingerprint density at radius 1 is 1.44 bits per heavy atom. The SMILES string of the molecule is CCCC(C)(C)NS(=O)(=O)c1cn(CC)nc1N. The molecule has 0 aliphatic rings. The summed E-state index contributed by atoms with van der Waals surface area (Å²) in [7, 11) is -3.62. The summed E-state index contributed by atoms with van der Waals surface area (Å²) in [4.78, 5) is 0.0496. The number of nitrogen functional groups attached to an aromatic ring is 1. The zero-order valence-electron chi connectivity index (χ0n) is 11.4. The third kappa shape index (κ3) is 3.46. The van der Waals surface area contributed by atoms with Crippen molar-refractivity contribution in [2.24, 2.45) is 0 Å². The molecule has 0 aromatic carbocycles. The van der Waals surface area contributed by atoms with E-state index in [2.05, 4.69) is 9.82 Å². The molecule has 0 aliphatic heterocycles. The van der Waals surface area contributed by atoms with E-state index in [9.17, 15) is 8.42 Å². The van der Waals surface area contributed by atoms with Gasteiger partial charge in [-0.1, -0.05) is 13.3 Å². The number of nitrogens with one attached hydrogen (secondary N) is 1. The zero-order valence-corrected chi connectivity index (χ0v) is 12.2. The lowest BCUT2D eigenvalue weighted by molar-refractivity contribution is 0.418. The summed E-state index contributed by atoms with van der Waals surface area (Å²) in [6, 6.07) is 0. The molecule has 0 unspecified atom stereocenters. The van der Waals surface area contributed by atoms with Gasteiger partial charge in [0.25, 0.3) is 0 Å². The number of aromatic nitrogens is 2. The van der Waals surface area contributed by atoms with Gasteiger partial charge in [-0.25, -0.2) is 13.1 Å². The lowest BCUT2D eigenvalue weighted by Gasteiger charge is -2.25. The Bertz CT molecular complexity index is 505. The fourth-order valence-electron chi connectivity index (χ4n) is 1.88. The van der Waals surface area contributed by atoms with Gasteiger partial charge in [0.05, 0.1) is 0 Å². The Morgan fingerprint density at radius 3 is 2.50 bits per heavy atom. The van der Waals surface area contributed by atoms with Crippen molar-refractivity contribution in [3.8, 4) is 0 Å². The molecule has 0 aliphatic carbocycles. The largest absolute Gasteiger partial charge is 0.381 e. The standard InChI is InChI=1S/C11H22N4O2S/c1-5-7-11(3,4)14-18(16,17)9-8-15(6-2)13-10(9)12/h8,14H,5-7H2,1-4H3,(H2,12,13). The fraction of sp³-hybridized carbons (Fsp3) is 0.727. The number of hydrogen-bond donors (Lipinski definition) is 2. The summed E-state index contributed by atoms with van der Waals surface area (Å²) in [5.74, 6) is 0.0386. The minimum Gasteiger partial charge on any atom is -0.381 e. The van der Waals surface area contributed by atoms with Crippen LogP contribution in [0.3, 0.4) is 0 Å². The summed E-state index contributed by atoms with van der Waals surface area (Å²) in [6.07, 6.45) is 3.12. The van der Waals surface area contributed by atoms with Crippen molar-refractivity contribution in [3.63, 3.8) is 0 Å². The summed E-state index contributed by atoms with van der Waals surface area (Å²) >= 11 is 0. The quantitative estimate of drug-likeness (QED) is 0.819. The average molecular weight is 274 g/mol. The molecular weight excluding hydrogens is 252 g/mol. The number of aryl methyl sites for hydroxylation is 1. The van der Waals surface area contributed by atoms with Crippen molar-refractivity contribution in [1.29, 1.82) is 0 Å². The molecule has 6 nitrogen and oxygen atoms in total. The molecule has 0 amide bonds. The van der Waals surface area contributed by atoms with Crippen molar-refractivity contribution in [2.75, 3.05) is 5.73 Å². The fourth-order valence-corrected chi connectivity index (χ4v) is 3.40. The van der Waals surface area contributed by atoms with Crippen LogP contribution in [0.1, 0.15) is 40.5 Å². The summed E-state index contributed by atoms with van der Waals surface area (Å²) < 4.78 is 28.6. The maximum atomic E-state index is 12.2. The van der Waals surface area contributed by atoms with Gasteiger partial charge in [-0.05, 0) is 27.2 Å². The van der Waals surface area contributed by atoms with Crippen molar-refractivity contribution < 1.29 is 8.42 Å². The van der Waals surface area contributed by atoms with Gasteiger partial charge in [0, 0.05) is 18.3 Å². The third-order valence-electron chi connectivity index (χ3n) is 2.65. The van der Waals surface area contributed by atoms with Crippen LogP contribution < -0.4 is 10.5 Å². The van der Waals surface area contributed by atoms with Gasteiger partial charge in [0.2, 0.25) is 10.0 Å². The predicted octanol–water partition coefficient (Wildman–Crippen LogP) is 1.34. The Morgan fingerprint density at radius 2 is 2.06 bits per heavy atom. The second-order valence-electron chi connectivity index (χ2n) is 4.97. The van der Waals surface area contributed by atoms with Gasteiger partial charge in [-0.2, -0.15) is 5.10 Å². The van der Waals surface area contributed by atoms with E-state index < -0.39 is 15.6 Å². The summed E-state index contributed by atoms with van der Waals surface area (Å²) in [5, 5.41) is 3.95. The predicted molar refractivity (Wildman–Crippen MR) is 71.6 cm³/mol. The van der Waals surface area contributed by atoms with E-state index in [1.54, 1.807) is 0 Å². The maximum Gasteiger partial charge on any atom is 0.246 e. The first kappa shape index (κ1) is 15.0. The van der Waals surface area contributed by atoms with E-state index in [-0.39, 0.29) is 10.7 Å². The maximum absolute atomic E-state index is 12.2. The number of nitrogens with two attached hydrogens (primary N) is 1. The minimum absolute atomic E-state index is 0.0386. The minimum atomic E-state index is -3.62. The lowest BCUT2D eigenvalue weighted by atomic mass is 10.0. The molecule has 18 heavy (non-hydrogen) atoms. The highest BCUT2D eigenvalue weighted by Crippen LogP contribution is 2.20. The summed E-state index contributed by atoms with van der Waals surface area (Å²) in [6.45, 7) is 8.18. The molecule has 1 aromatic rings. The molecular formula is C11H22N4O2S. The Kier molecular flexibility index (Phi) is 4.39. The smallest absolute Gasteiger partial charge is 0.246 e. The van der Waals surface area contributed by atoms with E-state index in [4.69, 9.17) is 5.73 Å². The molecule has 104 valence electrons. The third-order valence-corrected chi connectivity index (χ3v) is 4.37. The summed E-state index contributed by atoms with van der Waals surface area (Å²) in [5.41, 5.74) is 5.15. The normalized spacial score (nSPS) is 12.9. The van der Waals surface area contributed by atoms with Gasteiger partial charge in [0.1, 0.15) is 4.90 Å². The zero-order chi connectivity index (χ0) is 14.0. The Labute approximate surface area is 109 Å². The number of anilines is 1. The van der Waals surface area contributed by atoms with Gasteiger partial charge in [0.15, 0.2) is 5.82 Å². The molecule has 0 saturated heterocycles. The van der Waals surface area contributed by atoms with Gasteiger partial charge >= 0.3 is 0 Å².